The molecule has 0 spiro atoms. The summed E-state index contributed by atoms with van der Waals surface area (Å²) in [5.74, 6) is 8.86. The second kappa shape index (κ2) is 6.69. The molecule has 114 valence electrons. The number of thioether (sulfide) groups is 2. The molecule has 1 nitrogen and oxygen atoms in total. The van der Waals surface area contributed by atoms with Crippen LogP contribution in [0.2, 0.25) is 0 Å². The number of benzene rings is 1. The van der Waals surface area contributed by atoms with Gasteiger partial charge in [-0.15, -0.1) is 23.5 Å². The molecule has 1 aromatic carbocycles. The van der Waals surface area contributed by atoms with Gasteiger partial charge in [-0.25, -0.2) is 0 Å². The first-order valence-electron chi connectivity index (χ1n) is 7.33. The normalized spacial score (nSPS) is 26.0. The van der Waals surface area contributed by atoms with Gasteiger partial charge in [-0.2, -0.15) is 0 Å². The molecule has 0 aromatic heterocycles. The minimum atomic E-state index is -0.0840. The van der Waals surface area contributed by atoms with E-state index in [1.165, 1.54) is 17.1 Å². The summed E-state index contributed by atoms with van der Waals surface area (Å²) in [4.78, 5) is 0. The van der Waals surface area contributed by atoms with Crippen molar-refractivity contribution in [3.8, 4) is 11.8 Å². The number of aliphatic hydroxyl groups is 1. The molecule has 2 rings (SSSR count). The van der Waals surface area contributed by atoms with E-state index in [1.54, 1.807) is 0 Å². The molecule has 1 aliphatic heterocycles. The van der Waals surface area contributed by atoms with Crippen LogP contribution in [-0.4, -0.2) is 23.2 Å². The predicted octanol–water partition coefficient (Wildman–Crippen LogP) is 4.35. The Kier molecular flexibility index (Phi) is 5.35. The van der Waals surface area contributed by atoms with Gasteiger partial charge >= 0.3 is 0 Å². The van der Waals surface area contributed by atoms with E-state index < -0.39 is 0 Å². The molecule has 1 heterocycles. The van der Waals surface area contributed by atoms with Crippen LogP contribution in [0.4, 0.5) is 0 Å². The lowest BCUT2D eigenvalue weighted by molar-refractivity contribution is 0.292. The van der Waals surface area contributed by atoms with Crippen molar-refractivity contribution in [3.63, 3.8) is 0 Å². The predicted molar refractivity (Wildman–Crippen MR) is 95.6 cm³/mol. The highest BCUT2D eigenvalue weighted by Crippen LogP contribution is 2.53. The van der Waals surface area contributed by atoms with Crippen LogP contribution in [0, 0.1) is 23.2 Å². The minimum absolute atomic E-state index is 0.0840. The van der Waals surface area contributed by atoms with E-state index in [1.807, 2.05) is 0 Å². The molecule has 21 heavy (non-hydrogen) atoms. The Hall–Kier alpha value is -0.560. The first kappa shape index (κ1) is 16.8. The number of rotatable bonds is 1. The van der Waals surface area contributed by atoms with E-state index in [4.69, 9.17) is 5.11 Å². The Balaban J connectivity index is 2.08. The summed E-state index contributed by atoms with van der Waals surface area (Å²) in [5, 5.41) is 8.74. The summed E-state index contributed by atoms with van der Waals surface area (Å²) in [6.07, 6.45) is 0. The fraction of sp³-hybridized carbons (Fsp3) is 0.556. The second-order valence-corrected chi connectivity index (χ2v) is 9.80. The first-order chi connectivity index (χ1) is 9.85. The molecular weight excluding hydrogens is 296 g/mol. The highest BCUT2D eigenvalue weighted by Gasteiger charge is 2.37. The Bertz CT molecular complexity index is 523. The van der Waals surface area contributed by atoms with Crippen LogP contribution in [0.25, 0.3) is 0 Å². The monoisotopic (exact) mass is 320 g/mol. The van der Waals surface area contributed by atoms with Crippen molar-refractivity contribution in [1.29, 1.82) is 0 Å². The molecular formula is C18H24OS2. The summed E-state index contributed by atoms with van der Waals surface area (Å²) >= 11 is 4.13. The van der Waals surface area contributed by atoms with Gasteiger partial charge in [0, 0.05) is 5.56 Å². The molecule has 0 amide bonds. The number of aliphatic hydroxyl groups excluding tert-OH is 1. The molecule has 1 N–H and O–H groups in total. The van der Waals surface area contributed by atoms with Crippen molar-refractivity contribution in [1.82, 2.24) is 0 Å². The SMILES string of the molecule is CC1(c2ccc(C#CCO)cc2)SCC(C(C)(C)C)CS1. The zero-order valence-electron chi connectivity index (χ0n) is 13.3. The largest absolute Gasteiger partial charge is 0.384 e. The summed E-state index contributed by atoms with van der Waals surface area (Å²) in [7, 11) is 0. The van der Waals surface area contributed by atoms with Crippen LogP contribution in [0.1, 0.15) is 38.8 Å². The minimum Gasteiger partial charge on any atom is -0.384 e. The van der Waals surface area contributed by atoms with Crippen LogP contribution in [0.5, 0.6) is 0 Å². The zero-order chi connectivity index (χ0) is 15.5. The lowest BCUT2D eigenvalue weighted by Gasteiger charge is -2.41. The fourth-order valence-electron chi connectivity index (χ4n) is 2.27. The quantitative estimate of drug-likeness (QED) is 0.777. The van der Waals surface area contributed by atoms with Gasteiger partial charge in [0.15, 0.2) is 0 Å². The van der Waals surface area contributed by atoms with E-state index in [-0.39, 0.29) is 10.7 Å². The molecule has 1 aliphatic rings. The zero-order valence-corrected chi connectivity index (χ0v) is 14.9. The van der Waals surface area contributed by atoms with Gasteiger partial charge in [0.25, 0.3) is 0 Å². The molecule has 0 atom stereocenters. The summed E-state index contributed by atoms with van der Waals surface area (Å²) in [6.45, 7) is 9.27. The summed E-state index contributed by atoms with van der Waals surface area (Å²) in [5.41, 5.74) is 2.72. The van der Waals surface area contributed by atoms with Gasteiger partial charge in [-0.1, -0.05) is 44.7 Å². The third-order valence-electron chi connectivity index (χ3n) is 4.07. The van der Waals surface area contributed by atoms with Crippen LogP contribution < -0.4 is 0 Å². The van der Waals surface area contributed by atoms with Crippen LogP contribution in [-0.2, 0) is 4.08 Å². The first-order valence-corrected chi connectivity index (χ1v) is 9.30. The van der Waals surface area contributed by atoms with Gasteiger partial charge in [-0.3, -0.25) is 0 Å². The van der Waals surface area contributed by atoms with Gasteiger partial charge in [0.2, 0.25) is 0 Å². The third kappa shape index (κ3) is 4.22. The Labute approximate surface area is 137 Å². The fourth-order valence-corrected chi connectivity index (χ4v) is 6.04. The standard InChI is InChI=1S/C18H24OS2/c1-17(2,3)16-12-20-18(4,21-13-16)15-9-7-14(8-10-15)6-5-11-19/h7-10,16,19H,11-13H2,1-4H3. The van der Waals surface area contributed by atoms with Crippen LogP contribution >= 0.6 is 23.5 Å². The van der Waals surface area contributed by atoms with Crippen molar-refractivity contribution >= 4 is 23.5 Å². The van der Waals surface area contributed by atoms with Crippen molar-refractivity contribution < 1.29 is 5.11 Å². The maximum absolute atomic E-state index is 8.74. The smallest absolute Gasteiger partial charge is 0.104 e. The van der Waals surface area contributed by atoms with Gasteiger partial charge in [0.05, 0.1) is 4.08 Å². The highest BCUT2D eigenvalue weighted by molar-refractivity contribution is 8.18. The average molecular weight is 321 g/mol. The summed E-state index contributed by atoms with van der Waals surface area (Å²) in [6, 6.07) is 8.47. The molecule has 0 aliphatic carbocycles. The molecule has 0 radical (unpaired) electrons. The van der Waals surface area contributed by atoms with Crippen LogP contribution in [0.15, 0.2) is 24.3 Å². The third-order valence-corrected chi connectivity index (χ3v) is 7.48. The number of hydrogen-bond donors (Lipinski definition) is 1. The van der Waals surface area contributed by atoms with E-state index in [9.17, 15) is 0 Å². The molecule has 1 aromatic rings. The van der Waals surface area contributed by atoms with Crippen molar-refractivity contribution in [2.75, 3.05) is 18.1 Å². The highest BCUT2D eigenvalue weighted by atomic mass is 32.2. The van der Waals surface area contributed by atoms with Gasteiger partial charge < -0.3 is 5.11 Å². The molecule has 0 bridgehead atoms. The van der Waals surface area contributed by atoms with Crippen LogP contribution in [0.3, 0.4) is 0 Å². The average Bonchev–Trinajstić information content (AvgIpc) is 2.45. The topological polar surface area (TPSA) is 20.2 Å². The lowest BCUT2D eigenvalue weighted by atomic mass is 9.83. The van der Waals surface area contributed by atoms with Gasteiger partial charge in [-0.05, 0) is 47.5 Å². The molecule has 1 saturated heterocycles. The summed E-state index contributed by atoms with van der Waals surface area (Å²) < 4.78 is 0.144. The van der Waals surface area contributed by atoms with E-state index in [0.717, 1.165) is 11.5 Å². The Morgan fingerprint density at radius 1 is 1.19 bits per heavy atom. The van der Waals surface area contributed by atoms with E-state index >= 15 is 0 Å². The Morgan fingerprint density at radius 2 is 1.76 bits per heavy atom. The van der Waals surface area contributed by atoms with E-state index in [0.29, 0.717) is 5.41 Å². The molecule has 0 saturated carbocycles. The molecule has 1 fully saturated rings. The van der Waals surface area contributed by atoms with Crippen molar-refractivity contribution in [2.24, 2.45) is 11.3 Å². The lowest BCUT2D eigenvalue weighted by Crippen LogP contribution is -2.32. The maximum atomic E-state index is 8.74. The second-order valence-electron chi connectivity index (χ2n) is 6.67. The number of hydrogen-bond acceptors (Lipinski definition) is 3. The van der Waals surface area contributed by atoms with Crippen molar-refractivity contribution in [3.05, 3.63) is 35.4 Å². The van der Waals surface area contributed by atoms with Crippen molar-refractivity contribution in [2.45, 2.75) is 31.8 Å². The van der Waals surface area contributed by atoms with E-state index in [2.05, 4.69) is 87.3 Å². The maximum Gasteiger partial charge on any atom is 0.104 e. The molecule has 3 heteroatoms. The molecule has 0 unspecified atom stereocenters. The van der Waals surface area contributed by atoms with Gasteiger partial charge in [0.1, 0.15) is 6.61 Å². The Morgan fingerprint density at radius 3 is 2.24 bits per heavy atom.